The van der Waals surface area contributed by atoms with Gasteiger partial charge in [0, 0.05) is 44.0 Å². The Morgan fingerprint density at radius 1 is 1.23 bits per heavy atom. The molecule has 5 nitrogen and oxygen atoms in total. The van der Waals surface area contributed by atoms with Crippen molar-refractivity contribution in [3.63, 3.8) is 0 Å². The summed E-state index contributed by atoms with van der Waals surface area (Å²) in [6, 6.07) is 8.36. The minimum Gasteiger partial charge on any atom is -0.497 e. The van der Waals surface area contributed by atoms with Crippen LogP contribution in [0, 0.1) is 13.8 Å². The summed E-state index contributed by atoms with van der Waals surface area (Å²) < 4.78 is 13.3. The summed E-state index contributed by atoms with van der Waals surface area (Å²) in [5.74, 6) is 0.898. The highest BCUT2D eigenvalue weighted by molar-refractivity contribution is 5.28. The van der Waals surface area contributed by atoms with Crippen molar-refractivity contribution in [2.75, 3.05) is 20.3 Å². The first-order valence-electron chi connectivity index (χ1n) is 9.60. The van der Waals surface area contributed by atoms with E-state index in [-0.39, 0.29) is 0 Å². The minimum atomic E-state index is 0.343. The van der Waals surface area contributed by atoms with Gasteiger partial charge in [0.05, 0.1) is 18.9 Å². The molecule has 1 fully saturated rings. The van der Waals surface area contributed by atoms with E-state index in [9.17, 15) is 0 Å². The number of aromatic nitrogens is 2. The first kappa shape index (κ1) is 18.9. The number of benzene rings is 1. The summed E-state index contributed by atoms with van der Waals surface area (Å²) in [5, 5.41) is 4.69. The molecule has 0 N–H and O–H groups in total. The second-order valence-electron chi connectivity index (χ2n) is 7.12. The third kappa shape index (κ3) is 4.46. The predicted molar refractivity (Wildman–Crippen MR) is 103 cm³/mol. The van der Waals surface area contributed by atoms with Crippen molar-refractivity contribution < 1.29 is 9.47 Å². The summed E-state index contributed by atoms with van der Waals surface area (Å²) >= 11 is 0. The molecule has 0 aliphatic carbocycles. The lowest BCUT2D eigenvalue weighted by Gasteiger charge is -2.25. The van der Waals surface area contributed by atoms with E-state index in [1.807, 2.05) is 12.1 Å². The van der Waals surface area contributed by atoms with E-state index < -0.39 is 0 Å². The zero-order valence-corrected chi connectivity index (χ0v) is 16.5. The molecule has 0 bridgehead atoms. The minimum absolute atomic E-state index is 0.343. The van der Waals surface area contributed by atoms with Gasteiger partial charge in [-0.15, -0.1) is 0 Å². The number of ether oxygens (including phenoxy) is 2. The number of methoxy groups -OCH3 is 1. The Balaban J connectivity index is 1.77. The maximum atomic E-state index is 5.90. The van der Waals surface area contributed by atoms with Crippen molar-refractivity contribution in [1.29, 1.82) is 0 Å². The number of hydrogen-bond donors (Lipinski definition) is 0. The van der Waals surface area contributed by atoms with E-state index in [4.69, 9.17) is 9.47 Å². The van der Waals surface area contributed by atoms with E-state index in [0.29, 0.717) is 6.10 Å². The second kappa shape index (κ2) is 8.69. The summed E-state index contributed by atoms with van der Waals surface area (Å²) in [6.07, 6.45) is 2.67. The lowest BCUT2D eigenvalue weighted by molar-refractivity contribution is 0.0677. The molecule has 3 rings (SSSR count). The smallest absolute Gasteiger partial charge is 0.118 e. The van der Waals surface area contributed by atoms with Crippen LogP contribution in [0.1, 0.15) is 42.3 Å². The first-order valence-corrected chi connectivity index (χ1v) is 9.60. The van der Waals surface area contributed by atoms with Crippen molar-refractivity contribution in [2.45, 2.75) is 59.4 Å². The van der Waals surface area contributed by atoms with E-state index in [1.54, 1.807) is 7.11 Å². The largest absolute Gasteiger partial charge is 0.497 e. The average molecular weight is 357 g/mol. The molecule has 1 aromatic carbocycles. The molecule has 1 atom stereocenters. The van der Waals surface area contributed by atoms with Gasteiger partial charge in [-0.05, 0) is 51.3 Å². The Morgan fingerprint density at radius 3 is 2.58 bits per heavy atom. The highest BCUT2D eigenvalue weighted by Gasteiger charge is 2.22. The molecule has 0 radical (unpaired) electrons. The zero-order valence-electron chi connectivity index (χ0n) is 16.5. The number of hydrogen-bond acceptors (Lipinski definition) is 4. The second-order valence-corrected chi connectivity index (χ2v) is 7.12. The van der Waals surface area contributed by atoms with E-state index in [0.717, 1.165) is 50.7 Å². The lowest BCUT2D eigenvalue weighted by atomic mass is 10.1. The van der Waals surface area contributed by atoms with Gasteiger partial charge < -0.3 is 9.47 Å². The third-order valence-corrected chi connectivity index (χ3v) is 5.26. The molecule has 2 heterocycles. The Bertz CT molecular complexity index is 703. The number of rotatable bonds is 8. The Morgan fingerprint density at radius 2 is 2.00 bits per heavy atom. The standard InChI is InChI=1S/C21H31N3O2/c1-5-24-17(3)21(16(2)22-24)15-23(14-20-7-6-12-26-20)13-18-8-10-19(25-4)11-9-18/h8-11,20H,5-7,12-15H2,1-4H3. The average Bonchev–Trinajstić information content (AvgIpc) is 3.25. The van der Waals surface area contributed by atoms with Crippen LogP contribution in [0.4, 0.5) is 0 Å². The molecule has 1 aliphatic rings. The molecule has 0 spiro atoms. The van der Waals surface area contributed by atoms with Gasteiger partial charge in [-0.3, -0.25) is 9.58 Å². The Hall–Kier alpha value is -1.85. The molecule has 2 aromatic rings. The summed E-state index contributed by atoms with van der Waals surface area (Å²) in [5.41, 5.74) is 5.05. The molecule has 1 unspecified atom stereocenters. The quantitative estimate of drug-likeness (QED) is 0.722. The fourth-order valence-electron chi connectivity index (χ4n) is 3.74. The molecule has 26 heavy (non-hydrogen) atoms. The topological polar surface area (TPSA) is 39.5 Å². The van der Waals surface area contributed by atoms with Crippen LogP contribution < -0.4 is 4.74 Å². The van der Waals surface area contributed by atoms with Crippen LogP contribution in [0.15, 0.2) is 24.3 Å². The van der Waals surface area contributed by atoms with Gasteiger partial charge in [0.25, 0.3) is 0 Å². The number of aryl methyl sites for hydroxylation is 2. The van der Waals surface area contributed by atoms with Gasteiger partial charge in [-0.25, -0.2) is 0 Å². The molecule has 142 valence electrons. The number of nitrogens with zero attached hydrogens (tertiary/aromatic N) is 3. The summed E-state index contributed by atoms with van der Waals surface area (Å²) in [7, 11) is 1.70. The van der Waals surface area contributed by atoms with Crippen molar-refractivity contribution >= 4 is 0 Å². The maximum Gasteiger partial charge on any atom is 0.118 e. The van der Waals surface area contributed by atoms with Gasteiger partial charge in [-0.2, -0.15) is 5.10 Å². The van der Waals surface area contributed by atoms with Crippen molar-refractivity contribution in [2.24, 2.45) is 0 Å². The molecule has 0 saturated carbocycles. The molecule has 1 aromatic heterocycles. The van der Waals surface area contributed by atoms with Crippen LogP contribution >= 0.6 is 0 Å². The molecular formula is C21H31N3O2. The monoisotopic (exact) mass is 357 g/mol. The van der Waals surface area contributed by atoms with Crippen LogP contribution in [0.25, 0.3) is 0 Å². The first-order chi connectivity index (χ1) is 12.6. The van der Waals surface area contributed by atoms with Crippen LogP contribution in [0.5, 0.6) is 5.75 Å². The molecule has 5 heteroatoms. The third-order valence-electron chi connectivity index (χ3n) is 5.26. The van der Waals surface area contributed by atoms with Crippen LogP contribution in [0.3, 0.4) is 0 Å². The summed E-state index contributed by atoms with van der Waals surface area (Å²) in [4.78, 5) is 2.49. The lowest BCUT2D eigenvalue weighted by Crippen LogP contribution is -2.31. The maximum absolute atomic E-state index is 5.90. The molecule has 0 amide bonds. The van der Waals surface area contributed by atoms with E-state index in [1.165, 1.54) is 23.2 Å². The van der Waals surface area contributed by atoms with Gasteiger partial charge >= 0.3 is 0 Å². The fraction of sp³-hybridized carbons (Fsp3) is 0.571. The Labute approximate surface area is 156 Å². The van der Waals surface area contributed by atoms with Crippen LogP contribution in [-0.2, 0) is 24.4 Å². The van der Waals surface area contributed by atoms with E-state index in [2.05, 4.69) is 47.6 Å². The Kier molecular flexibility index (Phi) is 6.33. The normalized spacial score (nSPS) is 17.2. The highest BCUT2D eigenvalue weighted by Crippen LogP contribution is 2.21. The fourth-order valence-corrected chi connectivity index (χ4v) is 3.74. The highest BCUT2D eigenvalue weighted by atomic mass is 16.5. The zero-order chi connectivity index (χ0) is 18.5. The van der Waals surface area contributed by atoms with Gasteiger partial charge in [0.15, 0.2) is 0 Å². The van der Waals surface area contributed by atoms with Gasteiger partial charge in [-0.1, -0.05) is 12.1 Å². The van der Waals surface area contributed by atoms with Crippen LogP contribution in [-0.4, -0.2) is 41.0 Å². The van der Waals surface area contributed by atoms with E-state index >= 15 is 0 Å². The SMILES string of the molecule is CCn1nc(C)c(CN(Cc2ccc(OC)cc2)CC2CCCO2)c1C. The van der Waals surface area contributed by atoms with Crippen molar-refractivity contribution in [1.82, 2.24) is 14.7 Å². The molecule has 1 aliphatic heterocycles. The van der Waals surface area contributed by atoms with Crippen molar-refractivity contribution in [3.8, 4) is 5.75 Å². The predicted octanol–water partition coefficient (Wildman–Crippen LogP) is 3.71. The molecular weight excluding hydrogens is 326 g/mol. The van der Waals surface area contributed by atoms with Gasteiger partial charge in [0.2, 0.25) is 0 Å². The van der Waals surface area contributed by atoms with Crippen molar-refractivity contribution in [3.05, 3.63) is 46.8 Å². The van der Waals surface area contributed by atoms with Gasteiger partial charge in [0.1, 0.15) is 5.75 Å². The molecule has 1 saturated heterocycles. The van der Waals surface area contributed by atoms with Crippen LogP contribution in [0.2, 0.25) is 0 Å². The summed E-state index contributed by atoms with van der Waals surface area (Å²) in [6.45, 7) is 11.0.